The van der Waals surface area contributed by atoms with Gasteiger partial charge < -0.3 is 19.7 Å². The topological polar surface area (TPSA) is 63.2 Å². The van der Waals surface area contributed by atoms with Gasteiger partial charge in [-0.1, -0.05) is 19.3 Å². The first-order valence-corrected chi connectivity index (χ1v) is 11.6. The van der Waals surface area contributed by atoms with Crippen LogP contribution in [0.25, 0.3) is 0 Å². The quantitative estimate of drug-likeness (QED) is 0.264. The highest BCUT2D eigenvalue weighted by Gasteiger charge is 2.27. The first kappa shape index (κ1) is 23.0. The van der Waals surface area contributed by atoms with Crippen molar-refractivity contribution in [1.82, 2.24) is 10.2 Å². The Balaban J connectivity index is 1.61. The lowest BCUT2D eigenvalue weighted by Gasteiger charge is -2.33. The molecule has 0 aromatic heterocycles. The van der Waals surface area contributed by atoms with Crippen molar-refractivity contribution >= 4 is 11.9 Å². The van der Waals surface area contributed by atoms with Gasteiger partial charge in [-0.15, -0.1) is 0 Å². The summed E-state index contributed by atoms with van der Waals surface area (Å²) in [6.07, 6.45) is 12.2. The molecule has 1 saturated heterocycles. The second kappa shape index (κ2) is 13.8. The molecule has 0 atom stereocenters. The summed E-state index contributed by atoms with van der Waals surface area (Å²) < 4.78 is 11.2. The summed E-state index contributed by atoms with van der Waals surface area (Å²) in [4.78, 5) is 19.0. The maximum Gasteiger partial charge on any atom is 0.309 e. The highest BCUT2D eigenvalue weighted by molar-refractivity contribution is 5.80. The Bertz CT molecular complexity index is 456. The van der Waals surface area contributed by atoms with Gasteiger partial charge in [0.2, 0.25) is 0 Å². The summed E-state index contributed by atoms with van der Waals surface area (Å²) in [5, 5.41) is 3.40. The van der Waals surface area contributed by atoms with Crippen molar-refractivity contribution < 1.29 is 14.3 Å². The first-order chi connectivity index (χ1) is 13.7. The lowest BCUT2D eigenvalue weighted by molar-refractivity contribution is -0.149. The number of hydrogen-bond acceptors (Lipinski definition) is 4. The summed E-state index contributed by atoms with van der Waals surface area (Å²) in [7, 11) is 0. The summed E-state index contributed by atoms with van der Waals surface area (Å²) in [6.45, 7) is 8.78. The number of unbranched alkanes of at least 4 members (excludes halogenated alkanes) is 2. The van der Waals surface area contributed by atoms with E-state index in [0.717, 1.165) is 64.4 Å². The Kier molecular flexibility index (Phi) is 11.3. The number of carbonyl (C=O) groups is 1. The summed E-state index contributed by atoms with van der Waals surface area (Å²) >= 11 is 0. The Hall–Kier alpha value is -1.30. The molecule has 0 aromatic rings. The molecule has 0 aromatic carbocycles. The molecule has 1 saturated carbocycles. The van der Waals surface area contributed by atoms with Crippen molar-refractivity contribution in [2.75, 3.05) is 39.4 Å². The Morgan fingerprint density at radius 2 is 1.79 bits per heavy atom. The lowest BCUT2D eigenvalue weighted by atomic mass is 9.97. The highest BCUT2D eigenvalue weighted by Crippen LogP contribution is 2.21. The predicted octanol–water partition coefficient (Wildman–Crippen LogP) is 3.75. The average Bonchev–Trinajstić information content (AvgIpc) is 2.73. The minimum absolute atomic E-state index is 0.0421. The van der Waals surface area contributed by atoms with Gasteiger partial charge in [-0.2, -0.15) is 0 Å². The van der Waals surface area contributed by atoms with Gasteiger partial charge in [0.25, 0.3) is 0 Å². The molecule has 1 N–H and O–H groups in total. The highest BCUT2D eigenvalue weighted by atomic mass is 16.5. The van der Waals surface area contributed by atoms with E-state index in [1.807, 2.05) is 6.92 Å². The fraction of sp³-hybridized carbons (Fsp3) is 0.909. The van der Waals surface area contributed by atoms with E-state index in [1.54, 1.807) is 0 Å². The molecule has 6 heteroatoms. The summed E-state index contributed by atoms with van der Waals surface area (Å²) in [5.41, 5.74) is 0. The second-order valence-corrected chi connectivity index (χ2v) is 7.94. The van der Waals surface area contributed by atoms with Crippen LogP contribution in [-0.2, 0) is 14.3 Å². The number of esters is 1. The largest absolute Gasteiger partial charge is 0.466 e. The number of aliphatic imine (C=N–C) groups is 1. The minimum atomic E-state index is -0.0421. The third kappa shape index (κ3) is 8.38. The Morgan fingerprint density at radius 3 is 2.46 bits per heavy atom. The Labute approximate surface area is 171 Å². The molecule has 1 heterocycles. The SMILES string of the molecule is CCNC(=NCCCCCOC1CCCCC1)N1CCC(C(=O)OCC)CC1. The van der Waals surface area contributed by atoms with Crippen molar-refractivity contribution in [1.29, 1.82) is 0 Å². The zero-order valence-electron chi connectivity index (χ0n) is 18.1. The van der Waals surface area contributed by atoms with Crippen LogP contribution in [0.1, 0.15) is 78.1 Å². The van der Waals surface area contributed by atoms with Gasteiger partial charge >= 0.3 is 5.97 Å². The zero-order valence-corrected chi connectivity index (χ0v) is 18.1. The third-order valence-corrected chi connectivity index (χ3v) is 5.72. The number of likely N-dealkylation sites (tertiary alicyclic amines) is 1. The monoisotopic (exact) mass is 395 g/mol. The van der Waals surface area contributed by atoms with Crippen LogP contribution >= 0.6 is 0 Å². The van der Waals surface area contributed by atoms with Crippen LogP contribution in [0.2, 0.25) is 0 Å². The van der Waals surface area contributed by atoms with Crippen LogP contribution in [0.4, 0.5) is 0 Å². The van der Waals surface area contributed by atoms with Gasteiger partial charge in [0.05, 0.1) is 18.6 Å². The van der Waals surface area contributed by atoms with Gasteiger partial charge in [-0.3, -0.25) is 9.79 Å². The van der Waals surface area contributed by atoms with Crippen molar-refractivity contribution in [3.8, 4) is 0 Å². The van der Waals surface area contributed by atoms with Crippen LogP contribution in [0, 0.1) is 5.92 Å². The Morgan fingerprint density at radius 1 is 1.04 bits per heavy atom. The molecular formula is C22H41N3O3. The molecule has 6 nitrogen and oxygen atoms in total. The number of nitrogens with one attached hydrogen (secondary N) is 1. The van der Waals surface area contributed by atoms with E-state index in [1.165, 1.54) is 38.5 Å². The van der Waals surface area contributed by atoms with Crippen LogP contribution < -0.4 is 5.32 Å². The van der Waals surface area contributed by atoms with Gasteiger partial charge in [-0.25, -0.2) is 0 Å². The predicted molar refractivity (Wildman–Crippen MR) is 114 cm³/mol. The summed E-state index contributed by atoms with van der Waals surface area (Å²) in [6, 6.07) is 0. The third-order valence-electron chi connectivity index (χ3n) is 5.72. The molecule has 2 rings (SSSR count). The number of guanidine groups is 1. The fourth-order valence-electron chi connectivity index (χ4n) is 4.07. The van der Waals surface area contributed by atoms with E-state index < -0.39 is 0 Å². The molecule has 28 heavy (non-hydrogen) atoms. The van der Waals surface area contributed by atoms with Crippen LogP contribution in [-0.4, -0.2) is 62.3 Å². The van der Waals surface area contributed by atoms with E-state index in [9.17, 15) is 4.79 Å². The van der Waals surface area contributed by atoms with Crippen molar-refractivity contribution in [3.63, 3.8) is 0 Å². The normalized spacial score (nSPS) is 19.6. The van der Waals surface area contributed by atoms with Gasteiger partial charge in [0.1, 0.15) is 0 Å². The molecular weight excluding hydrogens is 354 g/mol. The smallest absolute Gasteiger partial charge is 0.309 e. The van der Waals surface area contributed by atoms with Crippen molar-refractivity contribution in [2.45, 2.75) is 84.2 Å². The number of nitrogens with zero attached hydrogens (tertiary/aromatic N) is 2. The number of hydrogen-bond donors (Lipinski definition) is 1. The molecule has 0 amide bonds. The van der Waals surface area contributed by atoms with E-state index in [-0.39, 0.29) is 11.9 Å². The number of carbonyl (C=O) groups excluding carboxylic acids is 1. The molecule has 2 aliphatic rings. The maximum absolute atomic E-state index is 11.9. The molecule has 1 aliphatic carbocycles. The first-order valence-electron chi connectivity index (χ1n) is 11.6. The maximum atomic E-state index is 11.9. The van der Waals surface area contributed by atoms with E-state index in [0.29, 0.717) is 12.7 Å². The van der Waals surface area contributed by atoms with Crippen LogP contribution in [0.5, 0.6) is 0 Å². The molecule has 0 radical (unpaired) electrons. The lowest BCUT2D eigenvalue weighted by Crippen LogP contribution is -2.46. The number of rotatable bonds is 10. The van der Waals surface area contributed by atoms with Crippen LogP contribution in [0.3, 0.4) is 0 Å². The molecule has 0 bridgehead atoms. The molecule has 0 spiro atoms. The summed E-state index contributed by atoms with van der Waals surface area (Å²) in [5.74, 6) is 0.992. The van der Waals surface area contributed by atoms with E-state index in [4.69, 9.17) is 14.5 Å². The van der Waals surface area contributed by atoms with Crippen LogP contribution in [0.15, 0.2) is 4.99 Å². The van der Waals surface area contributed by atoms with Crippen molar-refractivity contribution in [2.24, 2.45) is 10.9 Å². The number of ether oxygens (including phenoxy) is 2. The zero-order chi connectivity index (χ0) is 20.0. The van der Waals surface area contributed by atoms with E-state index >= 15 is 0 Å². The van der Waals surface area contributed by atoms with Gasteiger partial charge in [-0.05, 0) is 58.8 Å². The molecule has 1 aliphatic heterocycles. The average molecular weight is 396 g/mol. The van der Waals surface area contributed by atoms with Gasteiger partial charge in [0.15, 0.2) is 5.96 Å². The molecule has 162 valence electrons. The minimum Gasteiger partial charge on any atom is -0.466 e. The standard InChI is InChI=1S/C22H41N3O3/c1-3-23-22(25-16-13-19(14-17-25)21(26)27-4-2)24-15-9-6-10-18-28-20-11-7-5-8-12-20/h19-20H,3-18H2,1-2H3,(H,23,24). The van der Waals surface area contributed by atoms with Gasteiger partial charge in [0, 0.05) is 32.8 Å². The van der Waals surface area contributed by atoms with Crippen molar-refractivity contribution in [3.05, 3.63) is 0 Å². The fourth-order valence-corrected chi connectivity index (χ4v) is 4.07. The molecule has 2 fully saturated rings. The van der Waals surface area contributed by atoms with E-state index in [2.05, 4.69) is 17.1 Å². The second-order valence-electron chi connectivity index (χ2n) is 7.94. The molecule has 0 unspecified atom stereocenters. The number of piperidine rings is 1.